The van der Waals surface area contributed by atoms with Crippen molar-refractivity contribution in [1.29, 1.82) is 0 Å². The summed E-state index contributed by atoms with van der Waals surface area (Å²) in [6.45, 7) is 6.32. The van der Waals surface area contributed by atoms with Gasteiger partial charge in [-0.1, -0.05) is 37.7 Å². The highest BCUT2D eigenvalue weighted by Gasteiger charge is 2.29. The Kier molecular flexibility index (Phi) is 6.69. The van der Waals surface area contributed by atoms with Gasteiger partial charge in [0.1, 0.15) is 5.75 Å². The number of thioether (sulfide) groups is 1. The Morgan fingerprint density at radius 2 is 1.92 bits per heavy atom. The molecule has 1 unspecified atom stereocenters. The van der Waals surface area contributed by atoms with Crippen molar-refractivity contribution in [3.05, 3.63) is 29.8 Å². The molecule has 1 aliphatic rings. The van der Waals surface area contributed by atoms with Crippen molar-refractivity contribution in [1.82, 2.24) is 15.5 Å². The summed E-state index contributed by atoms with van der Waals surface area (Å²) >= 11 is 0.976. The second-order valence-corrected chi connectivity index (χ2v) is 6.91. The van der Waals surface area contributed by atoms with Crippen LogP contribution in [0.4, 0.5) is 9.59 Å². The molecule has 0 aromatic heterocycles. The van der Waals surface area contributed by atoms with E-state index in [9.17, 15) is 14.4 Å². The first-order chi connectivity index (χ1) is 11.9. The van der Waals surface area contributed by atoms with Gasteiger partial charge < -0.3 is 15.4 Å². The summed E-state index contributed by atoms with van der Waals surface area (Å²) in [6.07, 6.45) is -0.518. The first-order valence-corrected chi connectivity index (χ1v) is 9.13. The Hall–Kier alpha value is -2.22. The molecule has 2 N–H and O–H groups in total. The molecular weight excluding hydrogens is 342 g/mol. The van der Waals surface area contributed by atoms with Crippen LogP contribution in [0.5, 0.6) is 5.75 Å². The number of urea groups is 1. The number of hydrogen-bond donors (Lipinski definition) is 2. The van der Waals surface area contributed by atoms with E-state index in [1.807, 2.05) is 24.3 Å². The molecule has 0 spiro atoms. The molecule has 1 fully saturated rings. The van der Waals surface area contributed by atoms with Gasteiger partial charge in [0.15, 0.2) is 6.23 Å². The molecule has 136 valence electrons. The summed E-state index contributed by atoms with van der Waals surface area (Å²) in [5.41, 5.74) is 1.22. The fraction of sp³-hybridized carbons (Fsp3) is 0.471. The molecule has 0 radical (unpaired) electrons. The minimum atomic E-state index is -0.518. The highest BCUT2D eigenvalue weighted by molar-refractivity contribution is 8.14. The van der Waals surface area contributed by atoms with E-state index in [1.54, 1.807) is 6.92 Å². The lowest BCUT2D eigenvalue weighted by atomic mass is 10.0. The zero-order valence-electron chi connectivity index (χ0n) is 14.6. The van der Waals surface area contributed by atoms with Crippen LogP contribution in [0.2, 0.25) is 0 Å². The first kappa shape index (κ1) is 19.1. The van der Waals surface area contributed by atoms with Gasteiger partial charge in [0, 0.05) is 13.1 Å². The number of amides is 4. The van der Waals surface area contributed by atoms with Crippen molar-refractivity contribution in [2.45, 2.75) is 32.9 Å². The molecule has 0 bridgehead atoms. The van der Waals surface area contributed by atoms with E-state index < -0.39 is 12.3 Å². The third-order valence-corrected chi connectivity index (χ3v) is 4.51. The van der Waals surface area contributed by atoms with E-state index in [4.69, 9.17) is 4.74 Å². The molecule has 4 amide bonds. The van der Waals surface area contributed by atoms with Gasteiger partial charge in [-0.3, -0.25) is 14.5 Å². The van der Waals surface area contributed by atoms with Crippen LogP contribution in [0.3, 0.4) is 0 Å². The number of carbonyl (C=O) groups excluding carboxylic acids is 3. The quantitative estimate of drug-likeness (QED) is 0.725. The predicted molar refractivity (Wildman–Crippen MR) is 96.7 cm³/mol. The summed E-state index contributed by atoms with van der Waals surface area (Å²) in [4.78, 5) is 35.8. The predicted octanol–water partition coefficient (Wildman–Crippen LogP) is 2.53. The Labute approximate surface area is 151 Å². The molecule has 1 aliphatic heterocycles. The Morgan fingerprint density at radius 1 is 1.24 bits per heavy atom. The third kappa shape index (κ3) is 5.67. The van der Waals surface area contributed by atoms with E-state index in [-0.39, 0.29) is 30.0 Å². The van der Waals surface area contributed by atoms with Crippen LogP contribution < -0.4 is 15.4 Å². The number of ether oxygens (including phenoxy) is 1. The lowest BCUT2D eigenvalue weighted by Gasteiger charge is -2.18. The number of nitrogens with zero attached hydrogens (tertiary/aromatic N) is 1. The molecule has 1 atom stereocenters. The Morgan fingerprint density at radius 3 is 2.48 bits per heavy atom. The topological polar surface area (TPSA) is 87.7 Å². The van der Waals surface area contributed by atoms with Crippen molar-refractivity contribution in [2.24, 2.45) is 0 Å². The van der Waals surface area contributed by atoms with Crippen molar-refractivity contribution in [3.8, 4) is 5.75 Å². The molecule has 0 aliphatic carbocycles. The summed E-state index contributed by atoms with van der Waals surface area (Å²) < 4.78 is 5.64. The third-order valence-electron chi connectivity index (χ3n) is 3.66. The molecule has 1 aromatic rings. The largest absolute Gasteiger partial charge is 0.471 e. The van der Waals surface area contributed by atoms with Gasteiger partial charge in [-0.2, -0.15) is 0 Å². The van der Waals surface area contributed by atoms with Crippen LogP contribution in [-0.2, 0) is 4.79 Å². The zero-order valence-corrected chi connectivity index (χ0v) is 15.4. The average Bonchev–Trinajstić information content (AvgIpc) is 2.87. The summed E-state index contributed by atoms with van der Waals surface area (Å²) in [5.74, 6) is 1.07. The lowest BCUT2D eigenvalue weighted by Crippen LogP contribution is -2.46. The van der Waals surface area contributed by atoms with Gasteiger partial charge in [0.2, 0.25) is 5.91 Å². The maximum absolute atomic E-state index is 11.8. The van der Waals surface area contributed by atoms with Gasteiger partial charge >= 0.3 is 6.03 Å². The molecule has 0 saturated carbocycles. The van der Waals surface area contributed by atoms with Crippen LogP contribution in [0.15, 0.2) is 24.3 Å². The molecule has 2 rings (SSSR count). The van der Waals surface area contributed by atoms with E-state index in [2.05, 4.69) is 24.5 Å². The molecule has 8 heteroatoms. The summed E-state index contributed by atoms with van der Waals surface area (Å²) in [5, 5.41) is 4.98. The fourth-order valence-corrected chi connectivity index (χ4v) is 3.03. The van der Waals surface area contributed by atoms with Gasteiger partial charge in [0.25, 0.3) is 5.24 Å². The second-order valence-electron chi connectivity index (χ2n) is 5.98. The van der Waals surface area contributed by atoms with Crippen LogP contribution >= 0.6 is 11.8 Å². The van der Waals surface area contributed by atoms with Gasteiger partial charge in [-0.15, -0.1) is 0 Å². The van der Waals surface area contributed by atoms with Crippen molar-refractivity contribution >= 4 is 28.9 Å². The van der Waals surface area contributed by atoms with Gasteiger partial charge in [-0.05, 0) is 30.5 Å². The fourth-order valence-electron chi connectivity index (χ4n) is 2.28. The van der Waals surface area contributed by atoms with Crippen molar-refractivity contribution in [2.75, 3.05) is 18.8 Å². The van der Waals surface area contributed by atoms with Crippen LogP contribution in [0, 0.1) is 0 Å². The SMILES string of the molecule is CC(NC(=O)NCCN1C(=O)CSC1=O)Oc1ccc(C(C)C)cc1. The number of imide groups is 1. The highest BCUT2D eigenvalue weighted by Crippen LogP contribution is 2.19. The van der Waals surface area contributed by atoms with Crippen molar-refractivity contribution in [3.63, 3.8) is 0 Å². The maximum atomic E-state index is 11.8. The standard InChI is InChI=1S/C17H23N3O4S/c1-11(2)13-4-6-14(7-5-13)24-12(3)19-16(22)18-8-9-20-15(21)10-25-17(20)23/h4-7,11-12H,8-10H2,1-3H3,(H2,18,19,22). The molecule has 1 aromatic carbocycles. The molecule has 1 saturated heterocycles. The Balaban J connectivity index is 1.70. The van der Waals surface area contributed by atoms with E-state index in [0.29, 0.717) is 11.7 Å². The van der Waals surface area contributed by atoms with E-state index in [1.165, 1.54) is 5.56 Å². The Bertz CT molecular complexity index is 617. The smallest absolute Gasteiger partial charge is 0.317 e. The van der Waals surface area contributed by atoms with E-state index >= 15 is 0 Å². The molecule has 1 heterocycles. The van der Waals surface area contributed by atoms with Crippen LogP contribution in [-0.4, -0.2) is 47.1 Å². The van der Waals surface area contributed by atoms with Crippen LogP contribution in [0.25, 0.3) is 0 Å². The first-order valence-electron chi connectivity index (χ1n) is 8.15. The molecular formula is C17H23N3O4S. The van der Waals surface area contributed by atoms with Gasteiger partial charge in [0.05, 0.1) is 5.75 Å². The number of benzene rings is 1. The summed E-state index contributed by atoms with van der Waals surface area (Å²) in [6, 6.07) is 7.31. The van der Waals surface area contributed by atoms with Crippen LogP contribution in [0.1, 0.15) is 32.3 Å². The number of hydrogen-bond acceptors (Lipinski definition) is 5. The number of nitrogens with one attached hydrogen (secondary N) is 2. The number of carbonyl (C=O) groups is 3. The van der Waals surface area contributed by atoms with E-state index in [0.717, 1.165) is 16.7 Å². The summed E-state index contributed by atoms with van der Waals surface area (Å²) in [7, 11) is 0. The molecule has 25 heavy (non-hydrogen) atoms. The minimum Gasteiger partial charge on any atom is -0.471 e. The van der Waals surface area contributed by atoms with Gasteiger partial charge in [-0.25, -0.2) is 4.79 Å². The monoisotopic (exact) mass is 365 g/mol. The minimum absolute atomic E-state index is 0.171. The zero-order chi connectivity index (χ0) is 18.4. The normalized spacial score (nSPS) is 15.4. The van der Waals surface area contributed by atoms with Crippen molar-refractivity contribution < 1.29 is 19.1 Å². The molecule has 7 nitrogen and oxygen atoms in total. The second kappa shape index (κ2) is 8.75. The maximum Gasteiger partial charge on any atom is 0.317 e. The number of rotatable bonds is 7. The highest BCUT2D eigenvalue weighted by atomic mass is 32.2. The average molecular weight is 365 g/mol. The lowest BCUT2D eigenvalue weighted by molar-refractivity contribution is -0.124.